The van der Waals surface area contributed by atoms with Crippen LogP contribution in [0.25, 0.3) is 0 Å². The molecule has 1 aliphatic rings. The van der Waals surface area contributed by atoms with Crippen molar-refractivity contribution in [2.24, 2.45) is 0 Å². The van der Waals surface area contributed by atoms with Crippen molar-refractivity contribution in [2.75, 3.05) is 0 Å². The van der Waals surface area contributed by atoms with Crippen molar-refractivity contribution < 1.29 is 16.0 Å². The van der Waals surface area contributed by atoms with Gasteiger partial charge in [0.25, 0.3) is 0 Å². The van der Waals surface area contributed by atoms with E-state index in [1.54, 1.807) is 0 Å². The van der Waals surface area contributed by atoms with E-state index in [9.17, 15) is 0 Å². The first-order valence-corrected chi connectivity index (χ1v) is 8.25. The summed E-state index contributed by atoms with van der Waals surface area (Å²) in [4.78, 5) is 0.312. The second-order valence-corrected chi connectivity index (χ2v) is 7.34. The van der Waals surface area contributed by atoms with Gasteiger partial charge in [-0.15, -0.1) is 0 Å². The molecule has 3 rings (SSSR count). The second kappa shape index (κ2) is 5.88. The minimum atomic E-state index is -0.444. The molecule has 2 aromatic carbocycles. The average molecular weight is 305 g/mol. The minimum absolute atomic E-state index is 0.312. The van der Waals surface area contributed by atoms with Crippen LogP contribution in [0.3, 0.4) is 0 Å². The Morgan fingerprint density at radius 3 is 1.74 bits per heavy atom. The van der Waals surface area contributed by atoms with Crippen LogP contribution in [-0.4, -0.2) is 0 Å². The second-order valence-electron chi connectivity index (χ2n) is 4.39. The first-order valence-electron chi connectivity index (χ1n) is 6.27. The Morgan fingerprint density at radius 2 is 1.32 bits per heavy atom. The van der Waals surface area contributed by atoms with Crippen molar-refractivity contribution in [3.8, 4) is 0 Å². The predicted octanol–water partition coefficient (Wildman–Crippen LogP) is 3.91. The van der Waals surface area contributed by atoms with Gasteiger partial charge in [0.1, 0.15) is 0 Å². The molecule has 1 atom stereocenters. The van der Waals surface area contributed by atoms with Gasteiger partial charge in [0.2, 0.25) is 0 Å². The van der Waals surface area contributed by atoms with E-state index in [0.29, 0.717) is 4.82 Å². The molecule has 0 heterocycles. The van der Waals surface area contributed by atoms with E-state index in [1.165, 1.54) is 15.9 Å². The fraction of sp³-hybridized carbons (Fsp3) is 0.0588. The van der Waals surface area contributed by atoms with Gasteiger partial charge in [0.15, 0.2) is 0 Å². The number of benzene rings is 2. The molecule has 0 radical (unpaired) electrons. The molecule has 0 amide bonds. The molecule has 0 saturated carbocycles. The van der Waals surface area contributed by atoms with Crippen LogP contribution in [0.15, 0.2) is 84.2 Å². The Kier molecular flexibility index (Phi) is 3.99. The summed E-state index contributed by atoms with van der Waals surface area (Å²) in [6, 6.07) is 21.5. The molecule has 0 saturated heterocycles. The summed E-state index contributed by atoms with van der Waals surface area (Å²) in [7, 11) is -0.444. The molecule has 19 heavy (non-hydrogen) atoms. The summed E-state index contributed by atoms with van der Waals surface area (Å²) >= 11 is 4.10. The van der Waals surface area contributed by atoms with Gasteiger partial charge >= 0.3 is 124 Å². The van der Waals surface area contributed by atoms with E-state index in [4.69, 9.17) is 0 Å². The van der Waals surface area contributed by atoms with E-state index in [1.807, 2.05) is 0 Å². The van der Waals surface area contributed by atoms with E-state index in [0.717, 1.165) is 0 Å². The van der Waals surface area contributed by atoms with Crippen molar-refractivity contribution in [2.45, 2.75) is 4.82 Å². The van der Waals surface area contributed by atoms with Crippen LogP contribution in [-0.2, 0) is 16.0 Å². The monoisotopic (exact) mass is 305 g/mol. The Hall–Kier alpha value is -1.13. The maximum absolute atomic E-state index is 4.10. The Morgan fingerprint density at radius 1 is 0.789 bits per heavy atom. The molecule has 2 aromatic rings. The molecule has 1 aliphatic carbocycles. The zero-order valence-electron chi connectivity index (χ0n) is 10.4. The SMILES string of the molecule is [Fe][CH]1C=CC(P(c2ccccc2)c2ccccc2)=C1. The molecule has 0 N–H and O–H groups in total. The quantitative estimate of drug-likeness (QED) is 0.596. The summed E-state index contributed by atoms with van der Waals surface area (Å²) in [6.45, 7) is 0. The normalized spacial score (nSPS) is 17.8. The predicted molar refractivity (Wildman–Crippen MR) is 80.0 cm³/mol. The molecule has 0 spiro atoms. The standard InChI is InChI=1S/C17H14P.Fe/c1-3-9-15(10-4-1)18(17-13-7-8-14-17)16-11-5-2-6-12-16;/h1-14H;. The summed E-state index contributed by atoms with van der Waals surface area (Å²) in [5.74, 6) is 0. The Labute approximate surface area is 123 Å². The van der Waals surface area contributed by atoms with E-state index < -0.39 is 7.92 Å². The van der Waals surface area contributed by atoms with Gasteiger partial charge in [0.05, 0.1) is 0 Å². The summed E-state index contributed by atoms with van der Waals surface area (Å²) in [5, 5.41) is 4.20. The van der Waals surface area contributed by atoms with Gasteiger partial charge in [-0.05, 0) is 0 Å². The third-order valence-corrected chi connectivity index (χ3v) is 5.90. The van der Waals surface area contributed by atoms with Gasteiger partial charge in [-0.1, -0.05) is 0 Å². The molecule has 0 fully saturated rings. The molecular weight excluding hydrogens is 291 g/mol. The summed E-state index contributed by atoms with van der Waals surface area (Å²) < 4.78 is 0. The zero-order valence-corrected chi connectivity index (χ0v) is 12.4. The van der Waals surface area contributed by atoms with Crippen LogP contribution < -0.4 is 10.6 Å². The average Bonchev–Trinajstić information content (AvgIpc) is 2.88. The van der Waals surface area contributed by atoms with Crippen molar-refractivity contribution in [3.63, 3.8) is 0 Å². The molecule has 0 nitrogen and oxygen atoms in total. The first kappa shape index (κ1) is 12.9. The molecule has 1 unspecified atom stereocenters. The van der Waals surface area contributed by atoms with E-state index in [-0.39, 0.29) is 0 Å². The van der Waals surface area contributed by atoms with Gasteiger partial charge in [-0.3, -0.25) is 0 Å². The van der Waals surface area contributed by atoms with Crippen molar-refractivity contribution in [1.29, 1.82) is 0 Å². The third-order valence-electron chi connectivity index (χ3n) is 3.06. The topological polar surface area (TPSA) is 0 Å². The van der Waals surface area contributed by atoms with Crippen LogP contribution >= 0.6 is 7.92 Å². The molecule has 95 valence electrons. The first-order chi connectivity index (χ1) is 9.34. The molecule has 0 aliphatic heterocycles. The number of allylic oxidation sites excluding steroid dienone is 4. The molecular formula is C17H14FeP. The Bertz CT molecular complexity index is 562. The van der Waals surface area contributed by atoms with Gasteiger partial charge in [-0.25, -0.2) is 0 Å². The maximum atomic E-state index is 4.10. The van der Waals surface area contributed by atoms with E-state index in [2.05, 4.69) is 94.9 Å². The fourth-order valence-electron chi connectivity index (χ4n) is 2.21. The van der Waals surface area contributed by atoms with Crippen LogP contribution in [0.1, 0.15) is 0 Å². The number of hydrogen-bond donors (Lipinski definition) is 0. The zero-order chi connectivity index (χ0) is 13.1. The van der Waals surface area contributed by atoms with Gasteiger partial charge < -0.3 is 0 Å². The fourth-order valence-corrected chi connectivity index (χ4v) is 5.03. The van der Waals surface area contributed by atoms with Crippen LogP contribution in [0.2, 0.25) is 4.82 Å². The van der Waals surface area contributed by atoms with Crippen molar-refractivity contribution in [3.05, 3.63) is 84.2 Å². The third kappa shape index (κ3) is 2.90. The van der Waals surface area contributed by atoms with E-state index >= 15 is 0 Å². The van der Waals surface area contributed by atoms with Crippen LogP contribution in [0.4, 0.5) is 0 Å². The summed E-state index contributed by atoms with van der Waals surface area (Å²) in [6.07, 6.45) is 6.70. The van der Waals surface area contributed by atoms with Crippen LogP contribution in [0, 0.1) is 0 Å². The molecule has 0 aromatic heterocycles. The van der Waals surface area contributed by atoms with Gasteiger partial charge in [0, 0.05) is 0 Å². The summed E-state index contributed by atoms with van der Waals surface area (Å²) in [5.41, 5.74) is 0. The Balaban J connectivity index is 2.07. The number of hydrogen-bond acceptors (Lipinski definition) is 0. The molecule has 2 heteroatoms. The van der Waals surface area contributed by atoms with Crippen molar-refractivity contribution in [1.82, 2.24) is 0 Å². The van der Waals surface area contributed by atoms with Gasteiger partial charge in [-0.2, -0.15) is 0 Å². The molecule has 0 bridgehead atoms. The van der Waals surface area contributed by atoms with Crippen molar-refractivity contribution >= 4 is 18.5 Å². The van der Waals surface area contributed by atoms with Crippen LogP contribution in [0.5, 0.6) is 0 Å². The number of rotatable bonds is 3.